The molecule has 2 N–H and O–H groups in total. The summed E-state index contributed by atoms with van der Waals surface area (Å²) in [6, 6.07) is 0.392. The van der Waals surface area contributed by atoms with Gasteiger partial charge in [0.1, 0.15) is 0 Å². The third kappa shape index (κ3) is 6.90. The maximum absolute atomic E-state index is 10.5. The van der Waals surface area contributed by atoms with E-state index >= 15 is 0 Å². The van der Waals surface area contributed by atoms with E-state index in [1.54, 1.807) is 0 Å². The first-order valence-corrected chi connectivity index (χ1v) is 5.08. The predicted octanol–water partition coefficient (Wildman–Crippen LogP) is 1.39. The molecule has 0 fully saturated rings. The fraction of sp³-hybridized carbons (Fsp3) is 0.889. The summed E-state index contributed by atoms with van der Waals surface area (Å²) in [5.41, 5.74) is 0. The zero-order valence-corrected chi connectivity index (χ0v) is 9.34. The van der Waals surface area contributed by atoms with E-state index in [9.17, 15) is 4.79 Å². The van der Waals surface area contributed by atoms with Gasteiger partial charge in [-0.1, -0.05) is 20.8 Å². The minimum atomic E-state index is -0.753. The Bertz CT molecular complexity index is 160. The Hall–Kier alpha value is -0.220. The maximum Gasteiger partial charge on any atom is 0.303 e. The lowest BCUT2D eigenvalue weighted by molar-refractivity contribution is -0.138. The quantitative estimate of drug-likeness (QED) is 0.574. The first-order valence-electron chi connectivity index (χ1n) is 4.56. The maximum atomic E-state index is 10.5. The van der Waals surface area contributed by atoms with E-state index in [1.165, 1.54) is 0 Å². The van der Waals surface area contributed by atoms with Crippen molar-refractivity contribution in [3.05, 3.63) is 0 Å². The van der Waals surface area contributed by atoms with E-state index in [4.69, 9.17) is 5.11 Å². The van der Waals surface area contributed by atoms with Crippen molar-refractivity contribution in [2.45, 2.75) is 38.5 Å². The molecule has 0 spiro atoms. The van der Waals surface area contributed by atoms with E-state index in [0.717, 1.165) is 0 Å². The van der Waals surface area contributed by atoms with Gasteiger partial charge >= 0.3 is 5.97 Å². The summed E-state index contributed by atoms with van der Waals surface area (Å²) >= 11 is 4.27. The Labute approximate surface area is 85.3 Å². The average Bonchev–Trinajstić information content (AvgIpc) is 1.96. The molecule has 0 saturated carbocycles. The standard InChI is InChI=1S/C9H19NO2S/c1-6(2)10-5-8(7(3)13)4-9(11)12/h6-8,10,13H,4-5H2,1-3H3,(H,11,12). The molecule has 0 aliphatic heterocycles. The van der Waals surface area contributed by atoms with E-state index in [2.05, 4.69) is 17.9 Å². The molecule has 13 heavy (non-hydrogen) atoms. The molecule has 2 atom stereocenters. The van der Waals surface area contributed by atoms with Crippen LogP contribution >= 0.6 is 12.6 Å². The minimum absolute atomic E-state index is 0.100. The third-order valence-corrected chi connectivity index (χ3v) is 2.33. The molecule has 78 valence electrons. The van der Waals surface area contributed by atoms with Crippen molar-refractivity contribution >= 4 is 18.6 Å². The summed E-state index contributed by atoms with van der Waals surface area (Å²) in [6.07, 6.45) is 0.185. The van der Waals surface area contributed by atoms with Crippen molar-refractivity contribution < 1.29 is 9.90 Å². The van der Waals surface area contributed by atoms with Gasteiger partial charge < -0.3 is 10.4 Å². The molecule has 4 heteroatoms. The van der Waals surface area contributed by atoms with Gasteiger partial charge in [-0.15, -0.1) is 0 Å². The van der Waals surface area contributed by atoms with Crippen LogP contribution in [0.25, 0.3) is 0 Å². The molecule has 0 bridgehead atoms. The highest BCUT2D eigenvalue weighted by Gasteiger charge is 2.17. The highest BCUT2D eigenvalue weighted by molar-refractivity contribution is 7.80. The van der Waals surface area contributed by atoms with Crippen LogP contribution in [0.1, 0.15) is 27.2 Å². The van der Waals surface area contributed by atoms with Crippen molar-refractivity contribution in [3.8, 4) is 0 Å². The number of nitrogens with one attached hydrogen (secondary N) is 1. The number of hydrogen-bond acceptors (Lipinski definition) is 3. The lowest BCUT2D eigenvalue weighted by Gasteiger charge is -2.20. The number of hydrogen-bond donors (Lipinski definition) is 3. The fourth-order valence-corrected chi connectivity index (χ4v) is 1.24. The molecule has 0 aliphatic carbocycles. The number of thiol groups is 1. The highest BCUT2D eigenvalue weighted by Crippen LogP contribution is 2.13. The summed E-state index contributed by atoms with van der Waals surface area (Å²) in [6.45, 7) is 6.73. The third-order valence-electron chi connectivity index (χ3n) is 1.91. The largest absolute Gasteiger partial charge is 0.481 e. The lowest BCUT2D eigenvalue weighted by Crippen LogP contribution is -2.33. The molecule has 0 heterocycles. The van der Waals surface area contributed by atoms with Gasteiger partial charge in [-0.25, -0.2) is 0 Å². The van der Waals surface area contributed by atoms with Gasteiger partial charge in [-0.3, -0.25) is 4.79 Å². The second-order valence-electron chi connectivity index (χ2n) is 3.66. The van der Waals surface area contributed by atoms with Crippen LogP contribution in [0.5, 0.6) is 0 Å². The second kappa shape index (κ2) is 6.27. The normalized spacial score (nSPS) is 15.8. The molecule has 0 saturated heterocycles. The van der Waals surface area contributed by atoms with Crippen molar-refractivity contribution in [2.24, 2.45) is 5.92 Å². The van der Waals surface area contributed by atoms with E-state index in [-0.39, 0.29) is 17.6 Å². The van der Waals surface area contributed by atoms with E-state index in [0.29, 0.717) is 12.6 Å². The summed E-state index contributed by atoms with van der Waals surface area (Å²) in [5, 5.41) is 12.0. The Balaban J connectivity index is 3.88. The lowest BCUT2D eigenvalue weighted by atomic mass is 10.0. The molecule has 0 aliphatic rings. The topological polar surface area (TPSA) is 49.3 Å². The van der Waals surface area contributed by atoms with Gasteiger partial charge in [0, 0.05) is 11.3 Å². The summed E-state index contributed by atoms with van der Waals surface area (Å²) in [4.78, 5) is 10.5. The van der Waals surface area contributed by atoms with Crippen LogP contribution in [0.2, 0.25) is 0 Å². The van der Waals surface area contributed by atoms with Gasteiger partial charge in [-0.05, 0) is 12.5 Å². The van der Waals surface area contributed by atoms with Crippen molar-refractivity contribution in [1.82, 2.24) is 5.32 Å². The summed E-state index contributed by atoms with van der Waals surface area (Å²) in [5.74, 6) is -0.653. The Morgan fingerprint density at radius 1 is 1.46 bits per heavy atom. The summed E-state index contributed by atoms with van der Waals surface area (Å²) in [7, 11) is 0. The van der Waals surface area contributed by atoms with Gasteiger partial charge in [0.05, 0.1) is 6.42 Å². The van der Waals surface area contributed by atoms with Gasteiger partial charge in [0.2, 0.25) is 0 Å². The van der Waals surface area contributed by atoms with Crippen molar-refractivity contribution in [3.63, 3.8) is 0 Å². The smallest absolute Gasteiger partial charge is 0.303 e. The number of carboxylic acid groups (broad SMARTS) is 1. The van der Waals surface area contributed by atoms with Crippen molar-refractivity contribution in [2.75, 3.05) is 6.54 Å². The van der Waals surface area contributed by atoms with Crippen LogP contribution in [0, 0.1) is 5.92 Å². The zero-order valence-electron chi connectivity index (χ0n) is 8.45. The van der Waals surface area contributed by atoms with Crippen LogP contribution in [-0.4, -0.2) is 28.9 Å². The molecule has 3 nitrogen and oxygen atoms in total. The fourth-order valence-electron chi connectivity index (χ4n) is 1.02. The molecule has 0 rings (SSSR count). The van der Waals surface area contributed by atoms with E-state index < -0.39 is 5.97 Å². The van der Waals surface area contributed by atoms with Crippen molar-refractivity contribution in [1.29, 1.82) is 0 Å². The van der Waals surface area contributed by atoms with Gasteiger partial charge in [-0.2, -0.15) is 12.6 Å². The molecule has 0 radical (unpaired) electrons. The molecule has 0 aromatic carbocycles. The Morgan fingerprint density at radius 2 is 2.00 bits per heavy atom. The molecule has 0 aromatic rings. The Morgan fingerprint density at radius 3 is 2.31 bits per heavy atom. The first-order chi connectivity index (χ1) is 5.93. The van der Waals surface area contributed by atoms with Crippen LogP contribution in [-0.2, 0) is 4.79 Å². The van der Waals surface area contributed by atoms with Crippen LogP contribution in [0.15, 0.2) is 0 Å². The molecule has 0 aromatic heterocycles. The predicted molar refractivity (Wildman–Crippen MR) is 57.3 cm³/mol. The number of carboxylic acids is 1. The number of aliphatic carboxylic acids is 1. The van der Waals surface area contributed by atoms with Crippen LogP contribution in [0.3, 0.4) is 0 Å². The number of carbonyl (C=O) groups is 1. The molecular weight excluding hydrogens is 186 g/mol. The van der Waals surface area contributed by atoms with E-state index in [1.807, 2.05) is 20.8 Å². The first kappa shape index (κ1) is 12.8. The monoisotopic (exact) mass is 205 g/mol. The zero-order chi connectivity index (χ0) is 10.4. The minimum Gasteiger partial charge on any atom is -0.481 e. The molecular formula is C9H19NO2S. The van der Waals surface area contributed by atoms with Gasteiger partial charge in [0.25, 0.3) is 0 Å². The molecule has 0 amide bonds. The van der Waals surface area contributed by atoms with Crippen LogP contribution in [0.4, 0.5) is 0 Å². The second-order valence-corrected chi connectivity index (χ2v) is 4.48. The van der Waals surface area contributed by atoms with Crippen LogP contribution < -0.4 is 5.32 Å². The van der Waals surface area contributed by atoms with Gasteiger partial charge in [0.15, 0.2) is 0 Å². The Kier molecular flexibility index (Phi) is 6.16. The average molecular weight is 205 g/mol. The molecule has 2 unspecified atom stereocenters. The summed E-state index contributed by atoms with van der Waals surface area (Å²) < 4.78 is 0. The SMILES string of the molecule is CC(C)NCC(CC(=O)O)C(C)S. The highest BCUT2D eigenvalue weighted by atomic mass is 32.1. The number of rotatable bonds is 6.